The van der Waals surface area contributed by atoms with Crippen molar-refractivity contribution in [2.24, 2.45) is 4.36 Å². The summed E-state index contributed by atoms with van der Waals surface area (Å²) in [5.74, 6) is -0.921. The minimum atomic E-state index is -2.95. The number of rotatable bonds is 4. The molecular weight excluding hydrogens is 352 g/mol. The number of ether oxygens (including phenoxy) is 1. The molecule has 0 N–H and O–H groups in total. The number of benzene rings is 1. The van der Waals surface area contributed by atoms with E-state index in [2.05, 4.69) is 9.35 Å². The van der Waals surface area contributed by atoms with Crippen LogP contribution in [0, 0.1) is 0 Å². The largest absolute Gasteiger partial charge is 0.426 e. The Morgan fingerprint density at radius 1 is 1.29 bits per heavy atom. The van der Waals surface area contributed by atoms with Gasteiger partial charge in [0.25, 0.3) is 5.91 Å². The fourth-order valence-electron chi connectivity index (χ4n) is 1.95. The number of esters is 1. The van der Waals surface area contributed by atoms with Crippen LogP contribution < -0.4 is 4.74 Å². The summed E-state index contributed by atoms with van der Waals surface area (Å²) in [6, 6.07) is 9.43. The van der Waals surface area contributed by atoms with Gasteiger partial charge in [-0.25, -0.2) is 9.19 Å². The number of halogens is 1. The van der Waals surface area contributed by atoms with Gasteiger partial charge in [-0.1, -0.05) is 17.7 Å². The van der Waals surface area contributed by atoms with Crippen molar-refractivity contribution >= 4 is 33.2 Å². The summed E-state index contributed by atoms with van der Waals surface area (Å²) in [6.45, 7) is 1.25. The second-order valence-electron chi connectivity index (χ2n) is 4.98. The van der Waals surface area contributed by atoms with E-state index in [1.54, 1.807) is 24.3 Å². The molecule has 1 heterocycles. The zero-order valence-electron chi connectivity index (χ0n) is 13.1. The number of hydrogen-bond acceptors (Lipinski definition) is 5. The molecule has 1 atom stereocenters. The molecule has 0 aliphatic carbocycles. The smallest absolute Gasteiger partial charge is 0.308 e. The molecule has 1 amide bonds. The van der Waals surface area contributed by atoms with E-state index in [0.717, 1.165) is 0 Å². The van der Waals surface area contributed by atoms with Crippen molar-refractivity contribution in [2.45, 2.75) is 18.4 Å². The second-order valence-corrected chi connectivity index (χ2v) is 7.62. The van der Waals surface area contributed by atoms with Crippen LogP contribution in [0.3, 0.4) is 0 Å². The number of carbonyl (C=O) groups excluding carboxylic acids is 2. The van der Waals surface area contributed by atoms with Gasteiger partial charge in [-0.05, 0) is 30.3 Å². The maximum absolute atomic E-state index is 12.6. The number of carbonyl (C=O) groups is 2. The fourth-order valence-corrected chi connectivity index (χ4v) is 3.28. The van der Waals surface area contributed by atoms with Gasteiger partial charge < -0.3 is 4.74 Å². The molecule has 126 valence electrons. The first-order valence-corrected chi connectivity index (χ1v) is 9.21. The SMILES string of the molecule is CC(=O)Oc1ccc(Cl)cc1CC(=O)N=S(C)(=O)c1ccccn1. The predicted octanol–water partition coefficient (Wildman–Crippen LogP) is 2.89. The van der Waals surface area contributed by atoms with Crippen LogP contribution in [0.25, 0.3) is 0 Å². The third-order valence-electron chi connectivity index (χ3n) is 2.92. The van der Waals surface area contributed by atoms with Gasteiger partial charge in [-0.15, -0.1) is 0 Å². The Kier molecular flexibility index (Phi) is 5.69. The Labute approximate surface area is 145 Å². The van der Waals surface area contributed by atoms with Crippen molar-refractivity contribution in [1.29, 1.82) is 0 Å². The van der Waals surface area contributed by atoms with Gasteiger partial charge in [-0.2, -0.15) is 4.36 Å². The Hall–Kier alpha value is -2.25. The summed E-state index contributed by atoms with van der Waals surface area (Å²) in [5.41, 5.74) is 0.391. The minimum absolute atomic E-state index is 0.194. The zero-order valence-corrected chi connectivity index (χ0v) is 14.6. The highest BCUT2D eigenvalue weighted by Gasteiger charge is 2.14. The van der Waals surface area contributed by atoms with Crippen LogP contribution in [-0.2, 0) is 25.7 Å². The summed E-state index contributed by atoms with van der Waals surface area (Å²) >= 11 is 5.92. The molecule has 0 radical (unpaired) electrons. The van der Waals surface area contributed by atoms with E-state index in [4.69, 9.17) is 16.3 Å². The molecule has 1 unspecified atom stereocenters. The van der Waals surface area contributed by atoms with Gasteiger partial charge in [0, 0.05) is 30.0 Å². The van der Waals surface area contributed by atoms with Crippen LogP contribution in [0.15, 0.2) is 52.0 Å². The van der Waals surface area contributed by atoms with Gasteiger partial charge in [0.2, 0.25) is 0 Å². The van der Waals surface area contributed by atoms with Crippen LogP contribution in [0.1, 0.15) is 12.5 Å². The monoisotopic (exact) mass is 366 g/mol. The number of pyridine rings is 1. The maximum Gasteiger partial charge on any atom is 0.308 e. The van der Waals surface area contributed by atoms with E-state index >= 15 is 0 Å². The first kappa shape index (κ1) is 18.1. The zero-order chi connectivity index (χ0) is 17.7. The third kappa shape index (κ3) is 4.87. The number of hydrogen-bond donors (Lipinski definition) is 0. The Morgan fingerprint density at radius 2 is 2.04 bits per heavy atom. The molecule has 0 bridgehead atoms. The summed E-state index contributed by atoms with van der Waals surface area (Å²) in [6.07, 6.45) is 2.63. The van der Waals surface area contributed by atoms with Crippen molar-refractivity contribution in [2.75, 3.05) is 6.26 Å². The molecular formula is C16H15ClN2O4S. The van der Waals surface area contributed by atoms with Crippen LogP contribution in [0.5, 0.6) is 5.75 Å². The van der Waals surface area contributed by atoms with Crippen LogP contribution in [0.2, 0.25) is 5.02 Å². The molecule has 1 aromatic heterocycles. The lowest BCUT2D eigenvalue weighted by molar-refractivity contribution is -0.132. The minimum Gasteiger partial charge on any atom is -0.426 e. The van der Waals surface area contributed by atoms with Crippen molar-refractivity contribution in [3.8, 4) is 5.75 Å². The molecule has 2 aromatic rings. The van der Waals surface area contributed by atoms with Gasteiger partial charge in [0.1, 0.15) is 10.8 Å². The lowest BCUT2D eigenvalue weighted by Gasteiger charge is -2.08. The Morgan fingerprint density at radius 3 is 2.67 bits per heavy atom. The van der Waals surface area contributed by atoms with Crippen molar-refractivity contribution in [1.82, 2.24) is 4.98 Å². The molecule has 8 heteroatoms. The molecule has 0 fully saturated rings. The molecule has 1 aromatic carbocycles. The number of amides is 1. The summed E-state index contributed by atoms with van der Waals surface area (Å²) < 4.78 is 21.4. The average Bonchev–Trinajstić information content (AvgIpc) is 2.50. The predicted molar refractivity (Wildman–Crippen MR) is 90.5 cm³/mol. The topological polar surface area (TPSA) is 85.7 Å². The molecule has 0 aliphatic rings. The van der Waals surface area contributed by atoms with E-state index in [-0.39, 0.29) is 17.2 Å². The summed E-state index contributed by atoms with van der Waals surface area (Å²) in [5, 5.41) is 0.611. The average molecular weight is 367 g/mol. The molecule has 0 saturated heterocycles. The quantitative estimate of drug-likeness (QED) is 0.613. The molecule has 6 nitrogen and oxygen atoms in total. The number of aromatic nitrogens is 1. The highest BCUT2D eigenvalue weighted by atomic mass is 35.5. The highest BCUT2D eigenvalue weighted by Crippen LogP contribution is 2.24. The number of nitrogens with zero attached hydrogens (tertiary/aromatic N) is 2. The molecule has 2 rings (SSSR count). The normalized spacial score (nSPS) is 13.0. The van der Waals surface area contributed by atoms with E-state index < -0.39 is 21.6 Å². The van der Waals surface area contributed by atoms with Crippen LogP contribution in [0.4, 0.5) is 0 Å². The lowest BCUT2D eigenvalue weighted by atomic mass is 10.1. The Balaban J connectivity index is 2.30. The fraction of sp³-hybridized carbons (Fsp3) is 0.188. The van der Waals surface area contributed by atoms with Crippen molar-refractivity contribution in [3.63, 3.8) is 0 Å². The maximum atomic E-state index is 12.6. The first-order chi connectivity index (χ1) is 11.3. The highest BCUT2D eigenvalue weighted by molar-refractivity contribution is 7.93. The van der Waals surface area contributed by atoms with Crippen LogP contribution in [-0.4, -0.2) is 27.3 Å². The van der Waals surface area contributed by atoms with E-state index in [0.29, 0.717) is 10.6 Å². The second kappa shape index (κ2) is 7.55. The van der Waals surface area contributed by atoms with Gasteiger partial charge in [-0.3, -0.25) is 9.59 Å². The first-order valence-electron chi connectivity index (χ1n) is 6.91. The van der Waals surface area contributed by atoms with E-state index in [1.165, 1.54) is 31.5 Å². The standard InChI is InChI=1S/C16H15ClN2O4S/c1-11(20)23-14-7-6-13(17)9-12(14)10-15(21)19-24(2,22)16-5-3-4-8-18-16/h3-9H,10H2,1-2H3. The third-order valence-corrected chi connectivity index (χ3v) is 4.72. The van der Waals surface area contributed by atoms with Gasteiger partial charge >= 0.3 is 5.97 Å². The van der Waals surface area contributed by atoms with Crippen molar-refractivity contribution < 1.29 is 18.5 Å². The van der Waals surface area contributed by atoms with E-state index in [9.17, 15) is 13.8 Å². The molecule has 0 aliphatic heterocycles. The van der Waals surface area contributed by atoms with E-state index in [1.807, 2.05) is 0 Å². The molecule has 0 saturated carbocycles. The van der Waals surface area contributed by atoms with Gasteiger partial charge in [0.15, 0.2) is 0 Å². The molecule has 0 spiro atoms. The molecule has 24 heavy (non-hydrogen) atoms. The summed E-state index contributed by atoms with van der Waals surface area (Å²) in [7, 11) is -2.95. The lowest BCUT2D eigenvalue weighted by Crippen LogP contribution is -2.09. The Bertz CT molecular complexity index is 890. The van der Waals surface area contributed by atoms with Crippen molar-refractivity contribution in [3.05, 3.63) is 53.2 Å². The van der Waals surface area contributed by atoms with Gasteiger partial charge in [0.05, 0.1) is 16.1 Å². The van der Waals surface area contributed by atoms with Crippen LogP contribution >= 0.6 is 11.6 Å². The summed E-state index contributed by atoms with van der Waals surface area (Å²) in [4.78, 5) is 27.3.